The zero-order valence-corrected chi connectivity index (χ0v) is 16.9. The van der Waals surface area contributed by atoms with Crippen LogP contribution in [0.2, 0.25) is 0 Å². The van der Waals surface area contributed by atoms with Gasteiger partial charge in [0.05, 0.1) is 25.7 Å². The number of hydrogen-bond acceptors (Lipinski definition) is 6. The molecule has 2 aromatic carbocycles. The molecule has 1 heterocycles. The van der Waals surface area contributed by atoms with Crippen LogP contribution in [0.4, 0.5) is 13.2 Å². The Kier molecular flexibility index (Phi) is 6.61. The molecule has 0 unspecified atom stereocenters. The lowest BCUT2D eigenvalue weighted by Gasteiger charge is -2.12. The molecule has 0 N–H and O–H groups in total. The molecule has 0 atom stereocenters. The topological polar surface area (TPSA) is 61.3 Å². The SMILES string of the molecule is COc1ccc(-c2cc(C(F)(F)F)nc(SCC(=O)c3ccccc3)n2)cc1OC. The average molecular weight is 434 g/mol. The van der Waals surface area contributed by atoms with Gasteiger partial charge in [0.25, 0.3) is 0 Å². The molecule has 30 heavy (non-hydrogen) atoms. The van der Waals surface area contributed by atoms with Gasteiger partial charge in [-0.1, -0.05) is 42.1 Å². The molecule has 0 spiro atoms. The van der Waals surface area contributed by atoms with Crippen molar-refractivity contribution in [1.82, 2.24) is 9.97 Å². The summed E-state index contributed by atoms with van der Waals surface area (Å²) < 4.78 is 50.5. The highest BCUT2D eigenvalue weighted by atomic mass is 32.2. The van der Waals surface area contributed by atoms with Gasteiger partial charge in [-0.15, -0.1) is 0 Å². The number of carbonyl (C=O) groups is 1. The van der Waals surface area contributed by atoms with Crippen molar-refractivity contribution < 1.29 is 27.4 Å². The Labute approximate surface area is 175 Å². The van der Waals surface area contributed by atoms with Gasteiger partial charge < -0.3 is 9.47 Å². The summed E-state index contributed by atoms with van der Waals surface area (Å²) in [6.45, 7) is 0. The Morgan fingerprint density at radius 1 is 0.967 bits per heavy atom. The number of rotatable bonds is 7. The van der Waals surface area contributed by atoms with Crippen LogP contribution in [0.15, 0.2) is 59.8 Å². The van der Waals surface area contributed by atoms with Gasteiger partial charge in [0.15, 0.2) is 22.4 Å². The summed E-state index contributed by atoms with van der Waals surface area (Å²) in [6.07, 6.45) is -4.66. The number of benzene rings is 2. The van der Waals surface area contributed by atoms with E-state index < -0.39 is 11.9 Å². The van der Waals surface area contributed by atoms with Crippen molar-refractivity contribution >= 4 is 17.5 Å². The highest BCUT2D eigenvalue weighted by Crippen LogP contribution is 2.35. The van der Waals surface area contributed by atoms with E-state index in [1.807, 2.05) is 0 Å². The number of hydrogen-bond donors (Lipinski definition) is 0. The quantitative estimate of drug-likeness (QED) is 0.291. The number of ether oxygens (including phenoxy) is 2. The van der Waals surface area contributed by atoms with Crippen molar-refractivity contribution in [2.75, 3.05) is 20.0 Å². The Bertz CT molecular complexity index is 1040. The van der Waals surface area contributed by atoms with Crippen LogP contribution < -0.4 is 9.47 Å². The second-order valence-electron chi connectivity index (χ2n) is 6.07. The van der Waals surface area contributed by atoms with Gasteiger partial charge in [0, 0.05) is 11.1 Å². The standard InChI is InChI=1S/C21H17F3N2O3S/c1-28-17-9-8-14(10-18(17)29-2)15-11-19(21(22,23)24)26-20(25-15)30-12-16(27)13-6-4-3-5-7-13/h3-11H,12H2,1-2H3. The Hall–Kier alpha value is -3.07. The van der Waals surface area contributed by atoms with E-state index in [0.717, 1.165) is 17.8 Å². The van der Waals surface area contributed by atoms with Gasteiger partial charge in [-0.25, -0.2) is 9.97 Å². The van der Waals surface area contributed by atoms with Gasteiger partial charge >= 0.3 is 6.18 Å². The van der Waals surface area contributed by atoms with E-state index in [-0.39, 0.29) is 22.4 Å². The molecule has 0 aliphatic heterocycles. The van der Waals surface area contributed by atoms with Crippen LogP contribution in [0, 0.1) is 0 Å². The zero-order valence-electron chi connectivity index (χ0n) is 16.1. The van der Waals surface area contributed by atoms with Crippen molar-refractivity contribution in [2.24, 2.45) is 0 Å². The minimum Gasteiger partial charge on any atom is -0.493 e. The summed E-state index contributed by atoms with van der Waals surface area (Å²) >= 11 is 0.852. The molecular formula is C21H17F3N2O3S. The molecule has 9 heteroatoms. The maximum atomic E-state index is 13.4. The van der Waals surface area contributed by atoms with Crippen LogP contribution >= 0.6 is 11.8 Å². The van der Waals surface area contributed by atoms with E-state index in [2.05, 4.69) is 9.97 Å². The van der Waals surface area contributed by atoms with Crippen LogP contribution in [0.25, 0.3) is 11.3 Å². The lowest BCUT2D eigenvalue weighted by atomic mass is 10.1. The first kappa shape index (κ1) is 21.6. The first-order chi connectivity index (χ1) is 14.3. The van der Waals surface area contributed by atoms with Crippen molar-refractivity contribution in [1.29, 1.82) is 0 Å². The first-order valence-electron chi connectivity index (χ1n) is 8.71. The van der Waals surface area contributed by atoms with E-state index in [1.165, 1.54) is 20.3 Å². The molecule has 0 saturated heterocycles. The maximum absolute atomic E-state index is 13.4. The molecule has 156 valence electrons. The predicted molar refractivity (Wildman–Crippen MR) is 107 cm³/mol. The third-order valence-electron chi connectivity index (χ3n) is 4.10. The van der Waals surface area contributed by atoms with E-state index >= 15 is 0 Å². The Balaban J connectivity index is 1.94. The minimum atomic E-state index is -4.66. The Morgan fingerprint density at radius 2 is 1.67 bits per heavy atom. The molecule has 0 amide bonds. The van der Waals surface area contributed by atoms with E-state index in [1.54, 1.807) is 42.5 Å². The fourth-order valence-electron chi connectivity index (χ4n) is 2.62. The lowest BCUT2D eigenvalue weighted by Crippen LogP contribution is -2.11. The number of aromatic nitrogens is 2. The third-order valence-corrected chi connectivity index (χ3v) is 4.95. The Morgan fingerprint density at radius 3 is 2.30 bits per heavy atom. The number of halogens is 3. The van der Waals surface area contributed by atoms with Crippen molar-refractivity contribution in [3.8, 4) is 22.8 Å². The normalized spacial score (nSPS) is 11.2. The maximum Gasteiger partial charge on any atom is 0.433 e. The summed E-state index contributed by atoms with van der Waals surface area (Å²) in [5.41, 5.74) is -0.154. The monoisotopic (exact) mass is 434 g/mol. The summed E-state index contributed by atoms with van der Waals surface area (Å²) in [4.78, 5) is 20.1. The molecule has 3 rings (SSSR count). The largest absolute Gasteiger partial charge is 0.493 e. The number of thioether (sulfide) groups is 1. The van der Waals surface area contributed by atoms with Gasteiger partial charge in [-0.3, -0.25) is 4.79 Å². The molecule has 0 saturated carbocycles. The van der Waals surface area contributed by atoms with Crippen LogP contribution in [0.5, 0.6) is 11.5 Å². The van der Waals surface area contributed by atoms with E-state index in [4.69, 9.17) is 9.47 Å². The number of ketones is 1. The first-order valence-corrected chi connectivity index (χ1v) is 9.70. The second-order valence-corrected chi connectivity index (χ2v) is 7.01. The molecular weight excluding hydrogens is 417 g/mol. The molecule has 1 aromatic heterocycles. The number of nitrogens with zero attached hydrogens (tertiary/aromatic N) is 2. The molecule has 0 fully saturated rings. The lowest BCUT2D eigenvalue weighted by molar-refractivity contribution is -0.141. The fourth-order valence-corrected chi connectivity index (χ4v) is 3.37. The third kappa shape index (κ3) is 5.10. The van der Waals surface area contributed by atoms with Crippen LogP contribution in [0.1, 0.15) is 16.1 Å². The molecule has 0 bridgehead atoms. The number of Topliss-reactive ketones (excluding diaryl/α,β-unsaturated/α-hetero) is 1. The molecule has 0 radical (unpaired) electrons. The number of carbonyl (C=O) groups excluding carboxylic acids is 1. The van der Waals surface area contributed by atoms with Crippen LogP contribution in [-0.4, -0.2) is 35.7 Å². The van der Waals surface area contributed by atoms with Crippen molar-refractivity contribution in [3.05, 3.63) is 65.9 Å². The number of methoxy groups -OCH3 is 2. The van der Waals surface area contributed by atoms with E-state index in [9.17, 15) is 18.0 Å². The van der Waals surface area contributed by atoms with Crippen LogP contribution in [0.3, 0.4) is 0 Å². The fraction of sp³-hybridized carbons (Fsp3) is 0.190. The summed E-state index contributed by atoms with van der Waals surface area (Å²) in [5.74, 6) is 0.482. The predicted octanol–water partition coefficient (Wildman–Crippen LogP) is 5.15. The highest BCUT2D eigenvalue weighted by Gasteiger charge is 2.34. The van der Waals surface area contributed by atoms with E-state index in [0.29, 0.717) is 22.6 Å². The molecule has 0 aliphatic carbocycles. The summed E-state index contributed by atoms with van der Waals surface area (Å²) in [7, 11) is 2.89. The second kappa shape index (κ2) is 9.17. The number of alkyl halides is 3. The van der Waals surface area contributed by atoms with Gasteiger partial charge in [-0.05, 0) is 24.3 Å². The van der Waals surface area contributed by atoms with Crippen molar-refractivity contribution in [2.45, 2.75) is 11.3 Å². The van der Waals surface area contributed by atoms with Gasteiger partial charge in [-0.2, -0.15) is 13.2 Å². The zero-order chi connectivity index (χ0) is 21.7. The minimum absolute atomic E-state index is 0.0629. The van der Waals surface area contributed by atoms with Crippen LogP contribution in [-0.2, 0) is 6.18 Å². The van der Waals surface area contributed by atoms with Gasteiger partial charge in [0.2, 0.25) is 0 Å². The summed E-state index contributed by atoms with van der Waals surface area (Å²) in [6, 6.07) is 14.0. The summed E-state index contributed by atoms with van der Waals surface area (Å²) in [5, 5.41) is -0.140. The highest BCUT2D eigenvalue weighted by molar-refractivity contribution is 7.99. The van der Waals surface area contributed by atoms with Gasteiger partial charge in [0.1, 0.15) is 5.69 Å². The molecule has 5 nitrogen and oxygen atoms in total. The molecule has 3 aromatic rings. The average Bonchev–Trinajstić information content (AvgIpc) is 2.76. The van der Waals surface area contributed by atoms with Crippen molar-refractivity contribution in [3.63, 3.8) is 0 Å². The smallest absolute Gasteiger partial charge is 0.433 e. The molecule has 0 aliphatic rings.